The average Bonchev–Trinajstić information content (AvgIpc) is 2.55. The van der Waals surface area contributed by atoms with Gasteiger partial charge in [-0.1, -0.05) is 6.07 Å². The molecule has 2 rings (SSSR count). The molecule has 1 amide bonds. The standard InChI is InChI=1S/C15H13N3O3S/c16-9-11-4-6-13(7-5-11)22(20,21)14-3-1-2-12(8-14)18-15(19)10-17/h1-8H,10,17H2,(H,18,19). The molecule has 2 aromatic carbocycles. The van der Waals surface area contributed by atoms with Gasteiger partial charge in [0.25, 0.3) is 0 Å². The molecule has 22 heavy (non-hydrogen) atoms. The zero-order valence-corrected chi connectivity index (χ0v) is 12.3. The Morgan fingerprint density at radius 1 is 1.14 bits per heavy atom. The molecule has 6 nitrogen and oxygen atoms in total. The number of hydrogen-bond donors (Lipinski definition) is 2. The van der Waals surface area contributed by atoms with Gasteiger partial charge >= 0.3 is 0 Å². The van der Waals surface area contributed by atoms with E-state index in [1.54, 1.807) is 6.07 Å². The molecular weight excluding hydrogens is 302 g/mol. The number of nitrogens with two attached hydrogens (primary N) is 1. The highest BCUT2D eigenvalue weighted by Gasteiger charge is 2.18. The summed E-state index contributed by atoms with van der Waals surface area (Å²) in [5, 5.41) is 11.2. The summed E-state index contributed by atoms with van der Waals surface area (Å²) < 4.78 is 25.0. The van der Waals surface area contributed by atoms with Crippen molar-refractivity contribution in [3.05, 3.63) is 54.1 Å². The molecule has 0 aliphatic carbocycles. The predicted octanol–water partition coefficient (Wildman–Crippen LogP) is 1.29. The van der Waals surface area contributed by atoms with Crippen LogP contribution in [0, 0.1) is 11.3 Å². The van der Waals surface area contributed by atoms with Crippen molar-refractivity contribution in [3.8, 4) is 6.07 Å². The number of sulfone groups is 1. The molecule has 3 N–H and O–H groups in total. The first kappa shape index (κ1) is 15.7. The van der Waals surface area contributed by atoms with Crippen LogP contribution in [0.5, 0.6) is 0 Å². The Balaban J connectivity index is 2.38. The third kappa shape index (κ3) is 3.31. The molecule has 0 saturated carbocycles. The maximum atomic E-state index is 12.5. The van der Waals surface area contributed by atoms with E-state index in [-0.39, 0.29) is 16.3 Å². The average molecular weight is 315 g/mol. The first-order chi connectivity index (χ1) is 10.5. The van der Waals surface area contributed by atoms with Crippen molar-refractivity contribution in [2.75, 3.05) is 11.9 Å². The fraction of sp³-hybridized carbons (Fsp3) is 0.0667. The van der Waals surface area contributed by atoms with Crippen LogP contribution in [0.3, 0.4) is 0 Å². The number of benzene rings is 2. The molecule has 0 fully saturated rings. The third-order valence-corrected chi connectivity index (χ3v) is 4.67. The maximum absolute atomic E-state index is 12.5. The largest absolute Gasteiger partial charge is 0.325 e. The lowest BCUT2D eigenvalue weighted by molar-refractivity contribution is -0.114. The van der Waals surface area contributed by atoms with Gasteiger partial charge in [0.1, 0.15) is 0 Å². The Hall–Kier alpha value is -2.69. The van der Waals surface area contributed by atoms with Gasteiger partial charge in [0, 0.05) is 5.69 Å². The van der Waals surface area contributed by atoms with Gasteiger partial charge in [-0.25, -0.2) is 8.42 Å². The van der Waals surface area contributed by atoms with Crippen LogP contribution in [0.25, 0.3) is 0 Å². The summed E-state index contributed by atoms with van der Waals surface area (Å²) in [4.78, 5) is 11.4. The summed E-state index contributed by atoms with van der Waals surface area (Å²) in [6.07, 6.45) is 0. The molecule has 0 bridgehead atoms. The number of anilines is 1. The van der Waals surface area contributed by atoms with E-state index in [2.05, 4.69) is 5.32 Å². The second-order valence-corrected chi connectivity index (χ2v) is 6.37. The number of amides is 1. The number of carbonyl (C=O) groups excluding carboxylic acids is 1. The Kier molecular flexibility index (Phi) is 4.56. The summed E-state index contributed by atoms with van der Waals surface area (Å²) in [6.45, 7) is -0.188. The van der Waals surface area contributed by atoms with Crippen LogP contribution < -0.4 is 11.1 Å². The summed E-state index contributed by atoms with van der Waals surface area (Å²) in [5.41, 5.74) is 5.94. The van der Waals surface area contributed by atoms with Crippen molar-refractivity contribution in [1.29, 1.82) is 5.26 Å². The van der Waals surface area contributed by atoms with Crippen LogP contribution in [0.1, 0.15) is 5.56 Å². The second-order valence-electron chi connectivity index (χ2n) is 4.42. The quantitative estimate of drug-likeness (QED) is 0.882. The minimum Gasteiger partial charge on any atom is -0.325 e. The van der Waals surface area contributed by atoms with E-state index in [4.69, 9.17) is 11.0 Å². The van der Waals surface area contributed by atoms with Crippen LogP contribution in [0.15, 0.2) is 58.3 Å². The molecule has 0 aliphatic rings. The third-order valence-electron chi connectivity index (χ3n) is 2.91. The van der Waals surface area contributed by atoms with Gasteiger partial charge in [0.05, 0.1) is 28.0 Å². The molecule has 112 valence electrons. The second kappa shape index (κ2) is 6.39. The van der Waals surface area contributed by atoms with Crippen molar-refractivity contribution in [2.24, 2.45) is 5.73 Å². The van der Waals surface area contributed by atoms with Crippen LogP contribution in [-0.2, 0) is 14.6 Å². The smallest absolute Gasteiger partial charge is 0.238 e. The molecule has 0 aliphatic heterocycles. The molecule has 0 atom stereocenters. The SMILES string of the molecule is N#Cc1ccc(S(=O)(=O)c2cccc(NC(=O)CN)c2)cc1. The maximum Gasteiger partial charge on any atom is 0.238 e. The van der Waals surface area contributed by atoms with Crippen LogP contribution in [0.2, 0.25) is 0 Å². The summed E-state index contributed by atoms with van der Waals surface area (Å²) >= 11 is 0. The van der Waals surface area contributed by atoms with E-state index in [0.29, 0.717) is 11.3 Å². The number of hydrogen-bond acceptors (Lipinski definition) is 5. The van der Waals surface area contributed by atoms with Gasteiger partial charge in [-0.3, -0.25) is 4.79 Å². The molecule has 2 aromatic rings. The lowest BCUT2D eigenvalue weighted by Crippen LogP contribution is -2.21. The van der Waals surface area contributed by atoms with Gasteiger partial charge in [-0.05, 0) is 42.5 Å². The Bertz CT molecular complexity index is 837. The Morgan fingerprint density at radius 2 is 1.82 bits per heavy atom. The van der Waals surface area contributed by atoms with E-state index in [9.17, 15) is 13.2 Å². The molecule has 0 spiro atoms. The fourth-order valence-corrected chi connectivity index (χ4v) is 3.10. The van der Waals surface area contributed by atoms with E-state index in [0.717, 1.165) is 0 Å². The van der Waals surface area contributed by atoms with E-state index < -0.39 is 15.7 Å². The summed E-state index contributed by atoms with van der Waals surface area (Å²) in [5.74, 6) is -0.409. The normalized spacial score (nSPS) is 10.7. The Morgan fingerprint density at radius 3 is 2.41 bits per heavy atom. The number of nitrogens with one attached hydrogen (secondary N) is 1. The van der Waals surface area contributed by atoms with Crippen LogP contribution in [0.4, 0.5) is 5.69 Å². The van der Waals surface area contributed by atoms with Crippen molar-refractivity contribution >= 4 is 21.4 Å². The van der Waals surface area contributed by atoms with Crippen LogP contribution in [-0.4, -0.2) is 20.9 Å². The van der Waals surface area contributed by atoms with Crippen LogP contribution >= 0.6 is 0 Å². The Labute approximate surface area is 128 Å². The number of nitrogens with zero attached hydrogens (tertiary/aromatic N) is 1. The summed E-state index contributed by atoms with van der Waals surface area (Å²) in [6, 6.07) is 13.5. The minimum absolute atomic E-state index is 0.0482. The highest BCUT2D eigenvalue weighted by Crippen LogP contribution is 2.23. The fourth-order valence-electron chi connectivity index (χ4n) is 1.80. The van der Waals surface area contributed by atoms with Gasteiger partial charge in [-0.2, -0.15) is 5.26 Å². The molecule has 0 aromatic heterocycles. The highest BCUT2D eigenvalue weighted by atomic mass is 32.2. The first-order valence-electron chi connectivity index (χ1n) is 6.32. The monoisotopic (exact) mass is 315 g/mol. The molecule has 0 radical (unpaired) electrons. The lowest BCUT2D eigenvalue weighted by atomic mass is 10.2. The number of carbonyl (C=O) groups is 1. The van der Waals surface area contributed by atoms with E-state index in [1.165, 1.54) is 42.5 Å². The predicted molar refractivity (Wildman–Crippen MR) is 80.7 cm³/mol. The van der Waals surface area contributed by atoms with E-state index >= 15 is 0 Å². The summed E-state index contributed by atoms with van der Waals surface area (Å²) in [7, 11) is -3.72. The molecule has 7 heteroatoms. The van der Waals surface area contributed by atoms with Gasteiger partial charge in [-0.15, -0.1) is 0 Å². The molecular formula is C15H13N3O3S. The van der Waals surface area contributed by atoms with E-state index in [1.807, 2.05) is 6.07 Å². The van der Waals surface area contributed by atoms with Gasteiger partial charge < -0.3 is 11.1 Å². The lowest BCUT2D eigenvalue weighted by Gasteiger charge is -2.08. The highest BCUT2D eigenvalue weighted by molar-refractivity contribution is 7.91. The minimum atomic E-state index is -3.72. The van der Waals surface area contributed by atoms with Gasteiger partial charge in [0.2, 0.25) is 15.7 Å². The number of rotatable bonds is 4. The van der Waals surface area contributed by atoms with Crippen molar-refractivity contribution in [1.82, 2.24) is 0 Å². The molecule has 0 unspecified atom stereocenters. The van der Waals surface area contributed by atoms with Crippen molar-refractivity contribution in [2.45, 2.75) is 9.79 Å². The zero-order chi connectivity index (χ0) is 16.2. The molecule has 0 saturated heterocycles. The van der Waals surface area contributed by atoms with Crippen molar-refractivity contribution < 1.29 is 13.2 Å². The topological polar surface area (TPSA) is 113 Å². The first-order valence-corrected chi connectivity index (χ1v) is 7.81. The number of nitriles is 1. The van der Waals surface area contributed by atoms with Gasteiger partial charge in [0.15, 0.2) is 0 Å². The van der Waals surface area contributed by atoms with Crippen molar-refractivity contribution in [3.63, 3.8) is 0 Å². The zero-order valence-electron chi connectivity index (χ0n) is 11.5. The molecule has 0 heterocycles.